The average molecular weight is 233 g/mol. The zero-order chi connectivity index (χ0) is 9.97. The summed E-state index contributed by atoms with van der Waals surface area (Å²) in [6, 6.07) is 2.14. The summed E-state index contributed by atoms with van der Waals surface area (Å²) in [5, 5.41) is 3.97. The molecular formula is C9H10Cl2N2O. The topological polar surface area (TPSA) is 34.1 Å². The number of nitrogens with zero attached hydrogens (tertiary/aromatic N) is 1. The molecular weight excluding hydrogens is 223 g/mol. The minimum absolute atomic E-state index is 0.306. The highest BCUT2D eigenvalue weighted by Crippen LogP contribution is 2.23. The lowest BCUT2D eigenvalue weighted by Crippen LogP contribution is -2.46. The molecule has 0 aromatic carbocycles. The van der Waals surface area contributed by atoms with Crippen LogP contribution in [-0.2, 0) is 0 Å². The van der Waals surface area contributed by atoms with Crippen LogP contribution in [0.3, 0.4) is 0 Å². The van der Waals surface area contributed by atoms with E-state index in [0.29, 0.717) is 28.6 Å². The molecule has 1 N–H and O–H groups in total. The predicted octanol–water partition coefficient (Wildman–Crippen LogP) is 2.13. The van der Waals surface area contributed by atoms with Crippen molar-refractivity contribution in [1.82, 2.24) is 10.3 Å². The van der Waals surface area contributed by atoms with Gasteiger partial charge in [0.25, 0.3) is 0 Å². The quantitative estimate of drug-likeness (QED) is 0.812. The minimum atomic E-state index is 0.306. The van der Waals surface area contributed by atoms with Gasteiger partial charge in [0.15, 0.2) is 0 Å². The van der Waals surface area contributed by atoms with Crippen molar-refractivity contribution in [2.75, 3.05) is 13.2 Å². The third-order valence-electron chi connectivity index (χ3n) is 2.15. The van der Waals surface area contributed by atoms with Crippen LogP contribution >= 0.6 is 23.2 Å². The molecule has 0 spiro atoms. The molecule has 76 valence electrons. The van der Waals surface area contributed by atoms with Gasteiger partial charge in [0.1, 0.15) is 17.5 Å². The van der Waals surface area contributed by atoms with Crippen LogP contribution in [0.4, 0.5) is 0 Å². The highest BCUT2D eigenvalue weighted by atomic mass is 35.5. The number of hydrogen-bond acceptors (Lipinski definition) is 3. The molecule has 0 saturated carbocycles. The van der Waals surface area contributed by atoms with E-state index in [2.05, 4.69) is 10.3 Å². The maximum absolute atomic E-state index is 5.79. The van der Waals surface area contributed by atoms with Gasteiger partial charge in [0.2, 0.25) is 0 Å². The first-order chi connectivity index (χ1) is 6.75. The molecule has 5 heteroatoms. The maximum Gasteiger partial charge on any atom is 0.147 e. The van der Waals surface area contributed by atoms with Crippen LogP contribution in [-0.4, -0.2) is 24.2 Å². The SMILES string of the molecule is Clc1cc(OCC2CCN2)cnc1Cl. The van der Waals surface area contributed by atoms with Crippen molar-refractivity contribution >= 4 is 23.2 Å². The van der Waals surface area contributed by atoms with E-state index in [4.69, 9.17) is 27.9 Å². The lowest BCUT2D eigenvalue weighted by molar-refractivity contribution is 0.217. The van der Waals surface area contributed by atoms with Crippen molar-refractivity contribution in [3.8, 4) is 5.75 Å². The lowest BCUT2D eigenvalue weighted by atomic mass is 10.1. The number of ether oxygens (including phenoxy) is 1. The summed E-state index contributed by atoms with van der Waals surface area (Å²) in [4.78, 5) is 3.89. The molecule has 1 aliphatic heterocycles. The highest BCUT2D eigenvalue weighted by molar-refractivity contribution is 6.41. The smallest absolute Gasteiger partial charge is 0.147 e. The normalized spacial score (nSPS) is 20.3. The van der Waals surface area contributed by atoms with Crippen LogP contribution in [0.5, 0.6) is 5.75 Å². The monoisotopic (exact) mass is 232 g/mol. The first-order valence-electron chi connectivity index (χ1n) is 4.43. The van der Waals surface area contributed by atoms with Crippen LogP contribution in [0.2, 0.25) is 10.2 Å². The number of rotatable bonds is 3. The molecule has 14 heavy (non-hydrogen) atoms. The largest absolute Gasteiger partial charge is 0.490 e. The number of hydrogen-bond donors (Lipinski definition) is 1. The van der Waals surface area contributed by atoms with E-state index in [1.807, 2.05) is 0 Å². The van der Waals surface area contributed by atoms with Crippen molar-refractivity contribution in [3.63, 3.8) is 0 Å². The van der Waals surface area contributed by atoms with Gasteiger partial charge in [-0.2, -0.15) is 0 Å². The molecule has 1 fully saturated rings. The van der Waals surface area contributed by atoms with E-state index >= 15 is 0 Å². The van der Waals surface area contributed by atoms with Crippen molar-refractivity contribution in [3.05, 3.63) is 22.4 Å². The van der Waals surface area contributed by atoms with Gasteiger partial charge >= 0.3 is 0 Å². The molecule has 0 aliphatic carbocycles. The second-order valence-electron chi connectivity index (χ2n) is 3.19. The Hall–Kier alpha value is -0.510. The Morgan fingerprint density at radius 3 is 2.93 bits per heavy atom. The zero-order valence-corrected chi connectivity index (χ0v) is 8.98. The van der Waals surface area contributed by atoms with Gasteiger partial charge in [-0.1, -0.05) is 23.2 Å². The number of pyridine rings is 1. The Morgan fingerprint density at radius 1 is 1.57 bits per heavy atom. The van der Waals surface area contributed by atoms with Crippen molar-refractivity contribution in [2.45, 2.75) is 12.5 Å². The second-order valence-corrected chi connectivity index (χ2v) is 3.96. The fourth-order valence-corrected chi connectivity index (χ4v) is 1.43. The lowest BCUT2D eigenvalue weighted by Gasteiger charge is -2.27. The molecule has 2 rings (SSSR count). The van der Waals surface area contributed by atoms with E-state index in [-0.39, 0.29) is 0 Å². The van der Waals surface area contributed by atoms with E-state index in [1.165, 1.54) is 0 Å². The van der Waals surface area contributed by atoms with Crippen LogP contribution in [0, 0.1) is 0 Å². The van der Waals surface area contributed by atoms with Crippen molar-refractivity contribution in [2.24, 2.45) is 0 Å². The molecule has 0 radical (unpaired) electrons. The molecule has 3 nitrogen and oxygen atoms in total. The Balaban J connectivity index is 1.91. The Bertz CT molecular complexity index is 329. The third kappa shape index (κ3) is 2.29. The first-order valence-corrected chi connectivity index (χ1v) is 5.18. The average Bonchev–Trinajstić information content (AvgIpc) is 2.08. The fourth-order valence-electron chi connectivity index (χ4n) is 1.17. The zero-order valence-electron chi connectivity index (χ0n) is 7.46. The Morgan fingerprint density at radius 2 is 2.36 bits per heavy atom. The Kier molecular flexibility index (Phi) is 3.11. The summed E-state index contributed by atoms with van der Waals surface area (Å²) in [5.41, 5.74) is 0. The summed E-state index contributed by atoms with van der Waals surface area (Å²) >= 11 is 11.5. The third-order valence-corrected chi connectivity index (χ3v) is 2.83. The van der Waals surface area contributed by atoms with Crippen LogP contribution in [0.25, 0.3) is 0 Å². The summed E-state index contributed by atoms with van der Waals surface area (Å²) in [5.74, 6) is 0.660. The molecule has 0 amide bonds. The van der Waals surface area contributed by atoms with Crippen molar-refractivity contribution in [1.29, 1.82) is 0 Å². The van der Waals surface area contributed by atoms with Gasteiger partial charge in [-0.25, -0.2) is 4.98 Å². The van der Waals surface area contributed by atoms with Crippen molar-refractivity contribution < 1.29 is 4.74 Å². The highest BCUT2D eigenvalue weighted by Gasteiger charge is 2.16. The molecule has 1 aromatic rings. The van der Waals surface area contributed by atoms with Gasteiger partial charge < -0.3 is 10.1 Å². The summed E-state index contributed by atoms with van der Waals surface area (Å²) in [7, 11) is 0. The van der Waals surface area contributed by atoms with Gasteiger partial charge in [-0.3, -0.25) is 0 Å². The van der Waals surface area contributed by atoms with E-state index in [0.717, 1.165) is 13.0 Å². The maximum atomic E-state index is 5.79. The molecule has 0 bridgehead atoms. The van der Waals surface area contributed by atoms with Crippen LogP contribution < -0.4 is 10.1 Å². The number of nitrogens with one attached hydrogen (secondary N) is 1. The van der Waals surface area contributed by atoms with Crippen LogP contribution in [0.15, 0.2) is 12.3 Å². The standard InChI is InChI=1S/C9H10Cl2N2O/c10-8-3-7(4-13-9(8)11)14-5-6-1-2-12-6/h3-4,6,12H,1-2,5H2. The van der Waals surface area contributed by atoms with E-state index in [1.54, 1.807) is 12.3 Å². The van der Waals surface area contributed by atoms with Gasteiger partial charge in [0, 0.05) is 12.1 Å². The summed E-state index contributed by atoms with van der Waals surface area (Å²) in [6.45, 7) is 1.73. The van der Waals surface area contributed by atoms with E-state index < -0.39 is 0 Å². The number of aromatic nitrogens is 1. The summed E-state index contributed by atoms with van der Waals surface area (Å²) < 4.78 is 5.48. The fraction of sp³-hybridized carbons (Fsp3) is 0.444. The van der Waals surface area contributed by atoms with E-state index in [9.17, 15) is 0 Å². The summed E-state index contributed by atoms with van der Waals surface area (Å²) in [6.07, 6.45) is 2.74. The van der Waals surface area contributed by atoms with Gasteiger partial charge in [-0.05, 0) is 13.0 Å². The molecule has 2 heterocycles. The molecule has 1 saturated heterocycles. The molecule has 1 aliphatic rings. The molecule has 1 aromatic heterocycles. The Labute approximate surface area is 92.4 Å². The predicted molar refractivity (Wildman–Crippen MR) is 56.2 cm³/mol. The number of halogens is 2. The second kappa shape index (κ2) is 4.34. The van der Waals surface area contributed by atoms with Gasteiger partial charge in [-0.15, -0.1) is 0 Å². The minimum Gasteiger partial charge on any atom is -0.490 e. The first kappa shape index (κ1) is 10.0. The molecule has 1 atom stereocenters. The van der Waals surface area contributed by atoms with Crippen LogP contribution in [0.1, 0.15) is 6.42 Å². The molecule has 1 unspecified atom stereocenters. The van der Waals surface area contributed by atoms with Gasteiger partial charge in [0.05, 0.1) is 11.2 Å².